The lowest BCUT2D eigenvalue weighted by Gasteiger charge is -2.25. The van der Waals surface area contributed by atoms with E-state index in [0.29, 0.717) is 13.0 Å². The molecule has 1 fully saturated rings. The number of sulfone groups is 1. The molecule has 1 atom stereocenters. The number of carbonyl (C=O) groups is 1. The molecule has 0 saturated carbocycles. The number of hydrogen-bond donors (Lipinski definition) is 0. The van der Waals surface area contributed by atoms with Gasteiger partial charge in [-0.25, -0.2) is 8.42 Å². The summed E-state index contributed by atoms with van der Waals surface area (Å²) in [4.78, 5) is 13.9. The Morgan fingerprint density at radius 1 is 1.43 bits per heavy atom. The van der Waals surface area contributed by atoms with Gasteiger partial charge in [-0.05, 0) is 31.9 Å². The molecule has 0 aliphatic carbocycles. The van der Waals surface area contributed by atoms with Crippen molar-refractivity contribution < 1.29 is 13.2 Å². The Labute approximate surface area is 126 Å². The molecule has 1 aliphatic heterocycles. The normalized spacial score (nSPS) is 20.8. The molecule has 0 bridgehead atoms. The third-order valence-electron chi connectivity index (χ3n) is 3.73. The fraction of sp³-hybridized carbons (Fsp3) is 0.438. The maximum atomic E-state index is 12.3. The fourth-order valence-electron chi connectivity index (χ4n) is 2.65. The Morgan fingerprint density at radius 3 is 2.76 bits per heavy atom. The first-order valence-electron chi connectivity index (χ1n) is 7.17. The minimum absolute atomic E-state index is 0.0882. The van der Waals surface area contributed by atoms with Gasteiger partial charge in [-0.2, -0.15) is 0 Å². The van der Waals surface area contributed by atoms with E-state index >= 15 is 0 Å². The van der Waals surface area contributed by atoms with E-state index in [1.165, 1.54) is 6.08 Å². The number of amides is 1. The third-order valence-corrected chi connectivity index (χ3v) is 5.48. The molecule has 21 heavy (non-hydrogen) atoms. The summed E-state index contributed by atoms with van der Waals surface area (Å²) in [5, 5.41) is 0. The second-order valence-electron chi connectivity index (χ2n) is 5.43. The molecule has 5 heteroatoms. The van der Waals surface area contributed by atoms with E-state index < -0.39 is 9.84 Å². The summed E-state index contributed by atoms with van der Waals surface area (Å²) in [6.07, 6.45) is 3.85. The van der Waals surface area contributed by atoms with Gasteiger partial charge in [0, 0.05) is 18.7 Å². The van der Waals surface area contributed by atoms with Crippen molar-refractivity contribution in [3.63, 3.8) is 0 Å². The summed E-state index contributed by atoms with van der Waals surface area (Å²) in [6, 6.07) is 7.70. The van der Waals surface area contributed by atoms with E-state index in [2.05, 4.69) is 0 Å². The largest absolute Gasteiger partial charge is 0.335 e. The van der Waals surface area contributed by atoms with Crippen LogP contribution in [0.5, 0.6) is 0 Å². The molecule has 114 valence electrons. The molecule has 1 unspecified atom stereocenters. The molecule has 1 saturated heterocycles. The van der Waals surface area contributed by atoms with Gasteiger partial charge in [-0.3, -0.25) is 4.79 Å². The Hall–Kier alpha value is -1.62. The van der Waals surface area contributed by atoms with Gasteiger partial charge >= 0.3 is 0 Å². The first kappa shape index (κ1) is 15.8. The average molecular weight is 307 g/mol. The zero-order chi connectivity index (χ0) is 15.5. The van der Waals surface area contributed by atoms with Crippen LogP contribution in [-0.2, 0) is 14.6 Å². The highest BCUT2D eigenvalue weighted by Crippen LogP contribution is 2.18. The van der Waals surface area contributed by atoms with Crippen LogP contribution in [0.15, 0.2) is 30.3 Å². The zero-order valence-electron chi connectivity index (χ0n) is 12.5. The lowest BCUT2D eigenvalue weighted by atomic mass is 10.1. The second kappa shape index (κ2) is 6.43. The summed E-state index contributed by atoms with van der Waals surface area (Å²) in [5.74, 6) is 0.148. The topological polar surface area (TPSA) is 54.5 Å². The van der Waals surface area contributed by atoms with Gasteiger partial charge in [0.25, 0.3) is 0 Å². The summed E-state index contributed by atoms with van der Waals surface area (Å²) < 4.78 is 23.1. The van der Waals surface area contributed by atoms with Gasteiger partial charge in [-0.15, -0.1) is 0 Å². The van der Waals surface area contributed by atoms with Crippen molar-refractivity contribution in [2.24, 2.45) is 0 Å². The Morgan fingerprint density at radius 2 is 2.19 bits per heavy atom. The predicted molar refractivity (Wildman–Crippen MR) is 84.7 cm³/mol. The molecular weight excluding hydrogens is 286 g/mol. The van der Waals surface area contributed by atoms with Gasteiger partial charge in [0.1, 0.15) is 0 Å². The van der Waals surface area contributed by atoms with Crippen LogP contribution in [0.2, 0.25) is 0 Å². The lowest BCUT2D eigenvalue weighted by molar-refractivity contribution is -0.127. The molecule has 0 radical (unpaired) electrons. The molecule has 0 N–H and O–H groups in total. The van der Waals surface area contributed by atoms with Crippen LogP contribution in [0.4, 0.5) is 0 Å². The van der Waals surface area contributed by atoms with Crippen molar-refractivity contribution in [1.29, 1.82) is 0 Å². The van der Waals surface area contributed by atoms with Crippen molar-refractivity contribution in [2.75, 3.05) is 18.1 Å². The van der Waals surface area contributed by atoms with Crippen molar-refractivity contribution >= 4 is 21.8 Å². The number of nitrogens with zero attached hydrogens (tertiary/aromatic N) is 1. The van der Waals surface area contributed by atoms with Gasteiger partial charge in [0.05, 0.1) is 11.5 Å². The van der Waals surface area contributed by atoms with Crippen LogP contribution >= 0.6 is 0 Å². The van der Waals surface area contributed by atoms with Crippen LogP contribution < -0.4 is 0 Å². The van der Waals surface area contributed by atoms with Gasteiger partial charge in [0.15, 0.2) is 9.84 Å². The summed E-state index contributed by atoms with van der Waals surface area (Å²) in [7, 11) is -2.97. The molecular formula is C16H21NO3S. The van der Waals surface area contributed by atoms with Gasteiger partial charge in [0.2, 0.25) is 5.91 Å². The Bertz CT molecular complexity index is 649. The zero-order valence-corrected chi connectivity index (χ0v) is 13.3. The maximum absolute atomic E-state index is 12.3. The number of carbonyl (C=O) groups excluding carboxylic acids is 1. The molecule has 0 aromatic heterocycles. The first-order chi connectivity index (χ1) is 9.91. The van der Waals surface area contributed by atoms with Crippen LogP contribution in [0.1, 0.15) is 24.5 Å². The number of hydrogen-bond acceptors (Lipinski definition) is 3. The molecule has 2 rings (SSSR count). The third kappa shape index (κ3) is 4.17. The monoisotopic (exact) mass is 307 g/mol. The molecule has 1 aliphatic rings. The molecule has 1 amide bonds. The van der Waals surface area contributed by atoms with Gasteiger partial charge in [-0.1, -0.05) is 29.8 Å². The van der Waals surface area contributed by atoms with Crippen molar-refractivity contribution in [1.82, 2.24) is 4.90 Å². The minimum Gasteiger partial charge on any atom is -0.335 e. The van der Waals surface area contributed by atoms with E-state index in [0.717, 1.165) is 11.1 Å². The van der Waals surface area contributed by atoms with E-state index in [-0.39, 0.29) is 23.5 Å². The number of rotatable bonds is 4. The summed E-state index contributed by atoms with van der Waals surface area (Å²) >= 11 is 0. The number of likely N-dealkylation sites (N-methyl/N-ethyl adjacent to an activating group) is 1. The highest BCUT2D eigenvalue weighted by atomic mass is 32.2. The number of benzene rings is 1. The van der Waals surface area contributed by atoms with E-state index in [4.69, 9.17) is 0 Å². The van der Waals surface area contributed by atoms with Crippen molar-refractivity contribution in [3.8, 4) is 0 Å². The van der Waals surface area contributed by atoms with Crippen LogP contribution in [0.25, 0.3) is 6.08 Å². The Kier molecular flexibility index (Phi) is 4.83. The first-order valence-corrected chi connectivity index (χ1v) is 8.99. The van der Waals surface area contributed by atoms with Crippen molar-refractivity contribution in [2.45, 2.75) is 26.3 Å². The van der Waals surface area contributed by atoms with Crippen LogP contribution in [-0.4, -0.2) is 43.3 Å². The van der Waals surface area contributed by atoms with E-state index in [9.17, 15) is 13.2 Å². The van der Waals surface area contributed by atoms with Crippen molar-refractivity contribution in [3.05, 3.63) is 41.5 Å². The molecule has 4 nitrogen and oxygen atoms in total. The smallest absolute Gasteiger partial charge is 0.246 e. The second-order valence-corrected chi connectivity index (χ2v) is 7.66. The van der Waals surface area contributed by atoms with E-state index in [1.807, 2.05) is 38.1 Å². The average Bonchev–Trinajstić information content (AvgIpc) is 2.77. The highest BCUT2D eigenvalue weighted by molar-refractivity contribution is 7.91. The van der Waals surface area contributed by atoms with Gasteiger partial charge < -0.3 is 4.90 Å². The SMILES string of the molecule is CCN(C(=O)/C=C/c1cccc(C)c1)C1CCS(=O)(=O)C1. The molecule has 1 heterocycles. The predicted octanol–water partition coefficient (Wildman–Crippen LogP) is 2.04. The Balaban J connectivity index is 2.07. The molecule has 1 aromatic carbocycles. The molecule has 0 spiro atoms. The van der Waals surface area contributed by atoms with E-state index in [1.54, 1.807) is 11.0 Å². The van der Waals surface area contributed by atoms with Crippen LogP contribution in [0.3, 0.4) is 0 Å². The molecule has 1 aromatic rings. The standard InChI is InChI=1S/C16H21NO3S/c1-3-17(15-9-10-21(19,20)12-15)16(18)8-7-14-6-4-5-13(2)11-14/h4-8,11,15H,3,9-10,12H2,1-2H3/b8-7+. The summed E-state index contributed by atoms with van der Waals surface area (Å²) in [6.45, 7) is 4.40. The maximum Gasteiger partial charge on any atom is 0.246 e. The fourth-order valence-corrected chi connectivity index (χ4v) is 4.38. The summed E-state index contributed by atoms with van der Waals surface area (Å²) in [5.41, 5.74) is 2.11. The highest BCUT2D eigenvalue weighted by Gasteiger charge is 2.33. The quantitative estimate of drug-likeness (QED) is 0.800. The minimum atomic E-state index is -2.97. The number of aryl methyl sites for hydroxylation is 1. The van der Waals surface area contributed by atoms with Crippen LogP contribution in [0, 0.1) is 6.92 Å². The lowest BCUT2D eigenvalue weighted by Crippen LogP contribution is -2.40.